The molecule has 1 amide bonds. The first-order valence-corrected chi connectivity index (χ1v) is 6.41. The Morgan fingerprint density at radius 1 is 1.53 bits per heavy atom. The van der Waals surface area contributed by atoms with Crippen molar-refractivity contribution in [1.82, 2.24) is 20.1 Å². The minimum Gasteiger partial charge on any atom is -0.456 e. The molecule has 2 heterocycles. The van der Waals surface area contributed by atoms with E-state index in [1.54, 1.807) is 17.1 Å². The molecule has 0 aliphatic rings. The van der Waals surface area contributed by atoms with E-state index in [0.717, 1.165) is 18.6 Å². The average Bonchev–Trinajstić information content (AvgIpc) is 3.06. The standard InChI is InChI=1S/C13H18N4O2/c1-3-4-11-5-6-12(19-11)13(18)15-7-10(2)17-9-14-8-16-17/h5-6,8-10H,3-4,7H2,1-2H3,(H,15,18). The van der Waals surface area contributed by atoms with Crippen LogP contribution >= 0.6 is 0 Å². The highest BCUT2D eigenvalue weighted by Gasteiger charge is 2.12. The summed E-state index contributed by atoms with van der Waals surface area (Å²) in [6, 6.07) is 3.61. The summed E-state index contributed by atoms with van der Waals surface area (Å²) in [6.45, 7) is 4.51. The lowest BCUT2D eigenvalue weighted by atomic mass is 10.3. The third-order valence-corrected chi connectivity index (χ3v) is 2.83. The second kappa shape index (κ2) is 6.17. The molecule has 0 aromatic carbocycles. The summed E-state index contributed by atoms with van der Waals surface area (Å²) >= 11 is 0. The number of nitrogens with one attached hydrogen (secondary N) is 1. The van der Waals surface area contributed by atoms with Gasteiger partial charge in [-0.2, -0.15) is 5.10 Å². The fourth-order valence-electron chi connectivity index (χ4n) is 1.75. The maximum atomic E-state index is 11.9. The predicted molar refractivity (Wildman–Crippen MR) is 69.8 cm³/mol. The van der Waals surface area contributed by atoms with Crippen molar-refractivity contribution in [2.75, 3.05) is 6.54 Å². The van der Waals surface area contributed by atoms with E-state index in [2.05, 4.69) is 22.3 Å². The van der Waals surface area contributed by atoms with Gasteiger partial charge in [-0.05, 0) is 25.5 Å². The Bertz CT molecular complexity index is 518. The van der Waals surface area contributed by atoms with Gasteiger partial charge in [-0.3, -0.25) is 4.79 Å². The topological polar surface area (TPSA) is 73.0 Å². The number of rotatable bonds is 6. The summed E-state index contributed by atoms with van der Waals surface area (Å²) in [5.74, 6) is 1.00. The first-order valence-electron chi connectivity index (χ1n) is 6.41. The number of aryl methyl sites for hydroxylation is 1. The Labute approximate surface area is 111 Å². The zero-order valence-corrected chi connectivity index (χ0v) is 11.2. The van der Waals surface area contributed by atoms with Gasteiger partial charge in [0.1, 0.15) is 18.4 Å². The Morgan fingerprint density at radius 2 is 2.37 bits per heavy atom. The molecule has 0 saturated carbocycles. The molecule has 0 bridgehead atoms. The van der Waals surface area contributed by atoms with E-state index in [9.17, 15) is 4.79 Å². The van der Waals surface area contributed by atoms with E-state index in [4.69, 9.17) is 4.42 Å². The maximum absolute atomic E-state index is 11.9. The van der Waals surface area contributed by atoms with Crippen molar-refractivity contribution >= 4 is 5.91 Å². The van der Waals surface area contributed by atoms with Crippen LogP contribution in [0.4, 0.5) is 0 Å². The minimum absolute atomic E-state index is 0.0523. The summed E-state index contributed by atoms with van der Waals surface area (Å²) in [5.41, 5.74) is 0. The molecule has 0 aliphatic heterocycles. The van der Waals surface area contributed by atoms with Crippen LogP contribution in [0.25, 0.3) is 0 Å². The second-order valence-electron chi connectivity index (χ2n) is 4.45. The van der Waals surface area contributed by atoms with E-state index >= 15 is 0 Å². The number of nitrogens with zero attached hydrogens (tertiary/aromatic N) is 3. The van der Waals surface area contributed by atoms with Crippen LogP contribution in [0.5, 0.6) is 0 Å². The quantitative estimate of drug-likeness (QED) is 0.861. The first kappa shape index (κ1) is 13.3. The van der Waals surface area contributed by atoms with Gasteiger partial charge in [0.05, 0.1) is 6.04 Å². The van der Waals surface area contributed by atoms with Crippen LogP contribution in [-0.2, 0) is 6.42 Å². The first-order chi connectivity index (χ1) is 9.20. The number of carbonyl (C=O) groups is 1. The number of hydrogen-bond acceptors (Lipinski definition) is 4. The van der Waals surface area contributed by atoms with Gasteiger partial charge in [0, 0.05) is 13.0 Å². The van der Waals surface area contributed by atoms with Crippen LogP contribution in [-0.4, -0.2) is 27.2 Å². The highest BCUT2D eigenvalue weighted by atomic mass is 16.3. The summed E-state index contributed by atoms with van der Waals surface area (Å²) in [4.78, 5) is 15.8. The SMILES string of the molecule is CCCc1ccc(C(=O)NCC(C)n2cncn2)o1. The fraction of sp³-hybridized carbons (Fsp3) is 0.462. The normalized spacial score (nSPS) is 12.3. The lowest BCUT2D eigenvalue weighted by Crippen LogP contribution is -2.29. The summed E-state index contributed by atoms with van der Waals surface area (Å²) in [6.07, 6.45) is 4.95. The van der Waals surface area contributed by atoms with E-state index in [1.165, 1.54) is 6.33 Å². The Balaban J connectivity index is 1.86. The van der Waals surface area contributed by atoms with Crippen LogP contribution in [0.2, 0.25) is 0 Å². The zero-order valence-electron chi connectivity index (χ0n) is 11.2. The highest BCUT2D eigenvalue weighted by Crippen LogP contribution is 2.10. The molecule has 19 heavy (non-hydrogen) atoms. The smallest absolute Gasteiger partial charge is 0.287 e. The molecule has 0 fully saturated rings. The number of amides is 1. The van der Waals surface area contributed by atoms with Crippen molar-refractivity contribution in [1.29, 1.82) is 0 Å². The fourth-order valence-corrected chi connectivity index (χ4v) is 1.75. The largest absolute Gasteiger partial charge is 0.456 e. The molecular formula is C13H18N4O2. The molecule has 6 heteroatoms. The molecule has 2 aromatic rings. The molecule has 2 rings (SSSR count). The average molecular weight is 262 g/mol. The molecule has 1 N–H and O–H groups in total. The highest BCUT2D eigenvalue weighted by molar-refractivity contribution is 5.91. The molecule has 2 aromatic heterocycles. The third-order valence-electron chi connectivity index (χ3n) is 2.83. The van der Waals surface area contributed by atoms with E-state index < -0.39 is 0 Å². The van der Waals surface area contributed by atoms with E-state index in [0.29, 0.717) is 12.3 Å². The van der Waals surface area contributed by atoms with Crippen molar-refractivity contribution in [3.8, 4) is 0 Å². The van der Waals surface area contributed by atoms with Gasteiger partial charge < -0.3 is 9.73 Å². The van der Waals surface area contributed by atoms with Crippen LogP contribution in [0.15, 0.2) is 29.2 Å². The molecule has 6 nitrogen and oxygen atoms in total. The van der Waals surface area contributed by atoms with Crippen LogP contribution in [0.1, 0.15) is 42.6 Å². The van der Waals surface area contributed by atoms with Crippen molar-refractivity contribution < 1.29 is 9.21 Å². The Kier molecular flexibility index (Phi) is 4.33. The molecule has 1 unspecified atom stereocenters. The van der Waals surface area contributed by atoms with E-state index in [-0.39, 0.29) is 11.9 Å². The zero-order chi connectivity index (χ0) is 13.7. The summed E-state index contributed by atoms with van der Waals surface area (Å²) in [7, 11) is 0. The van der Waals surface area contributed by atoms with Crippen LogP contribution in [0, 0.1) is 0 Å². The summed E-state index contributed by atoms with van der Waals surface area (Å²) < 4.78 is 7.16. The monoisotopic (exact) mass is 262 g/mol. The van der Waals surface area contributed by atoms with Gasteiger partial charge in [-0.15, -0.1) is 0 Å². The molecular weight excluding hydrogens is 244 g/mol. The van der Waals surface area contributed by atoms with Gasteiger partial charge in [0.25, 0.3) is 5.91 Å². The predicted octanol–water partition coefficient (Wildman–Crippen LogP) is 1.81. The lowest BCUT2D eigenvalue weighted by Gasteiger charge is -2.11. The van der Waals surface area contributed by atoms with Crippen molar-refractivity contribution in [2.45, 2.75) is 32.7 Å². The number of carbonyl (C=O) groups excluding carboxylic acids is 1. The van der Waals surface area contributed by atoms with Gasteiger partial charge >= 0.3 is 0 Å². The van der Waals surface area contributed by atoms with Gasteiger partial charge in [-0.25, -0.2) is 9.67 Å². The molecule has 102 valence electrons. The number of furan rings is 1. The van der Waals surface area contributed by atoms with Gasteiger partial charge in [0.2, 0.25) is 0 Å². The second-order valence-corrected chi connectivity index (χ2v) is 4.45. The molecule has 0 radical (unpaired) electrons. The molecule has 0 spiro atoms. The van der Waals surface area contributed by atoms with Crippen molar-refractivity contribution in [2.24, 2.45) is 0 Å². The molecule has 1 atom stereocenters. The van der Waals surface area contributed by atoms with Crippen molar-refractivity contribution in [3.63, 3.8) is 0 Å². The minimum atomic E-state index is -0.200. The molecule has 0 aliphatic carbocycles. The number of aromatic nitrogens is 3. The van der Waals surface area contributed by atoms with Gasteiger partial charge in [-0.1, -0.05) is 6.92 Å². The van der Waals surface area contributed by atoms with Gasteiger partial charge in [0.15, 0.2) is 5.76 Å². The van der Waals surface area contributed by atoms with Crippen LogP contribution in [0.3, 0.4) is 0 Å². The Hall–Kier alpha value is -2.11. The Morgan fingerprint density at radius 3 is 3.05 bits per heavy atom. The lowest BCUT2D eigenvalue weighted by molar-refractivity contribution is 0.0918. The van der Waals surface area contributed by atoms with E-state index in [1.807, 2.05) is 13.0 Å². The summed E-state index contributed by atoms with van der Waals surface area (Å²) in [5, 5.41) is 6.85. The number of hydrogen-bond donors (Lipinski definition) is 1. The molecule has 0 saturated heterocycles. The van der Waals surface area contributed by atoms with Crippen molar-refractivity contribution in [3.05, 3.63) is 36.3 Å². The maximum Gasteiger partial charge on any atom is 0.287 e. The third kappa shape index (κ3) is 3.43. The van der Waals surface area contributed by atoms with Crippen LogP contribution < -0.4 is 5.32 Å².